The number of benzene rings is 2. The van der Waals surface area contributed by atoms with Crippen LogP contribution in [0.4, 0.5) is 5.69 Å². The van der Waals surface area contributed by atoms with E-state index in [-0.39, 0.29) is 0 Å². The van der Waals surface area contributed by atoms with Crippen LogP contribution in [0.15, 0.2) is 48.7 Å². The average molecular weight is 276 g/mol. The first kappa shape index (κ1) is 12.1. The van der Waals surface area contributed by atoms with Crippen LogP contribution in [0.2, 0.25) is 0 Å². The molecule has 4 rings (SSSR count). The Balaban J connectivity index is 1.71. The van der Waals surface area contributed by atoms with Gasteiger partial charge in [0.15, 0.2) is 0 Å². The van der Waals surface area contributed by atoms with E-state index in [0.717, 1.165) is 22.6 Å². The molecule has 3 aromatic rings. The van der Waals surface area contributed by atoms with Crippen LogP contribution >= 0.6 is 0 Å². The summed E-state index contributed by atoms with van der Waals surface area (Å²) in [4.78, 5) is 0. The van der Waals surface area contributed by atoms with Gasteiger partial charge in [-0.05, 0) is 54.7 Å². The van der Waals surface area contributed by atoms with Crippen molar-refractivity contribution in [1.29, 1.82) is 0 Å². The van der Waals surface area contributed by atoms with Crippen molar-refractivity contribution in [3.8, 4) is 16.9 Å². The van der Waals surface area contributed by atoms with Gasteiger partial charge in [0.2, 0.25) is 0 Å². The molecule has 0 fully saturated rings. The molecule has 1 heterocycles. The monoisotopic (exact) mass is 276 g/mol. The molecule has 1 aromatic heterocycles. The van der Waals surface area contributed by atoms with E-state index in [9.17, 15) is 0 Å². The van der Waals surface area contributed by atoms with E-state index in [4.69, 9.17) is 5.73 Å². The molecule has 0 atom stereocenters. The summed E-state index contributed by atoms with van der Waals surface area (Å²) in [7, 11) is 0. The van der Waals surface area contributed by atoms with Crippen molar-refractivity contribution in [2.75, 3.05) is 5.73 Å². The zero-order chi connectivity index (χ0) is 14.2. The average Bonchev–Trinajstić information content (AvgIpc) is 3.15. The summed E-state index contributed by atoms with van der Waals surface area (Å²) in [5.74, 6) is 0. The van der Waals surface area contributed by atoms with Crippen LogP contribution in [0, 0.1) is 0 Å². The van der Waals surface area contributed by atoms with Gasteiger partial charge in [0, 0.05) is 11.3 Å². The number of hydrogen-bond acceptors (Lipinski definition) is 3. The second kappa shape index (κ2) is 4.74. The van der Waals surface area contributed by atoms with Crippen LogP contribution in [0.3, 0.4) is 0 Å². The van der Waals surface area contributed by atoms with E-state index >= 15 is 0 Å². The third kappa shape index (κ3) is 2.18. The molecular formula is C17H16N4. The Morgan fingerprint density at radius 3 is 2.81 bits per heavy atom. The Labute approximate surface area is 123 Å². The lowest BCUT2D eigenvalue weighted by Gasteiger charge is -2.02. The van der Waals surface area contributed by atoms with Gasteiger partial charge >= 0.3 is 0 Å². The predicted octanol–water partition coefficient (Wildman–Crippen LogP) is 3.01. The van der Waals surface area contributed by atoms with E-state index in [1.54, 1.807) is 4.68 Å². The van der Waals surface area contributed by atoms with E-state index in [0.29, 0.717) is 0 Å². The lowest BCUT2D eigenvalue weighted by atomic mass is 10.0. The minimum Gasteiger partial charge on any atom is -0.399 e. The van der Waals surface area contributed by atoms with Crippen LogP contribution in [0.5, 0.6) is 0 Å². The molecule has 21 heavy (non-hydrogen) atoms. The quantitative estimate of drug-likeness (QED) is 0.732. The highest BCUT2D eigenvalue weighted by molar-refractivity contribution is 5.61. The number of hydrogen-bond donors (Lipinski definition) is 1. The molecule has 1 aliphatic rings. The maximum atomic E-state index is 5.81. The summed E-state index contributed by atoms with van der Waals surface area (Å²) in [6, 6.07) is 14.2. The standard InChI is InChI=1S/C17H16N4/c18-15-5-2-6-16(10-15)21-11-17(19-20-21)14-8-7-12-3-1-4-13(12)9-14/h2,5-11H,1,3-4,18H2. The number of anilines is 1. The van der Waals surface area contributed by atoms with Crippen LogP contribution < -0.4 is 5.73 Å². The van der Waals surface area contributed by atoms with E-state index in [1.807, 2.05) is 30.5 Å². The zero-order valence-corrected chi connectivity index (χ0v) is 11.7. The van der Waals surface area contributed by atoms with Crippen molar-refractivity contribution < 1.29 is 0 Å². The van der Waals surface area contributed by atoms with Gasteiger partial charge in [-0.25, -0.2) is 4.68 Å². The van der Waals surface area contributed by atoms with Gasteiger partial charge in [-0.15, -0.1) is 5.10 Å². The highest BCUT2D eigenvalue weighted by Gasteiger charge is 2.13. The fraction of sp³-hybridized carbons (Fsp3) is 0.176. The van der Waals surface area contributed by atoms with Crippen molar-refractivity contribution >= 4 is 5.69 Å². The summed E-state index contributed by atoms with van der Waals surface area (Å²) in [6.07, 6.45) is 5.58. The fourth-order valence-corrected chi connectivity index (χ4v) is 2.92. The fourth-order valence-electron chi connectivity index (χ4n) is 2.92. The molecule has 0 amide bonds. The summed E-state index contributed by atoms with van der Waals surface area (Å²) in [5, 5.41) is 8.50. The molecule has 0 radical (unpaired) electrons. The molecular weight excluding hydrogens is 260 g/mol. The summed E-state index contributed by atoms with van der Waals surface area (Å²) < 4.78 is 1.76. The lowest BCUT2D eigenvalue weighted by Crippen LogP contribution is -1.95. The van der Waals surface area contributed by atoms with Crippen LogP contribution in [-0.4, -0.2) is 15.0 Å². The lowest BCUT2D eigenvalue weighted by molar-refractivity contribution is 0.804. The number of rotatable bonds is 2. The van der Waals surface area contributed by atoms with Gasteiger partial charge < -0.3 is 5.73 Å². The largest absolute Gasteiger partial charge is 0.399 e. The molecule has 0 saturated carbocycles. The van der Waals surface area contributed by atoms with Gasteiger partial charge in [-0.1, -0.05) is 23.4 Å². The Bertz CT molecular complexity index is 804. The molecule has 0 spiro atoms. The molecule has 0 unspecified atom stereocenters. The second-order valence-electron chi connectivity index (χ2n) is 5.48. The molecule has 1 aliphatic carbocycles. The summed E-state index contributed by atoms with van der Waals surface area (Å²) >= 11 is 0. The van der Waals surface area contributed by atoms with Crippen molar-refractivity contribution in [1.82, 2.24) is 15.0 Å². The van der Waals surface area contributed by atoms with Crippen LogP contribution in [-0.2, 0) is 12.8 Å². The van der Waals surface area contributed by atoms with Gasteiger partial charge in [0.05, 0.1) is 11.9 Å². The minimum absolute atomic E-state index is 0.724. The normalized spacial score (nSPS) is 13.3. The first-order chi connectivity index (χ1) is 10.3. The van der Waals surface area contributed by atoms with E-state index in [2.05, 4.69) is 28.5 Å². The Morgan fingerprint density at radius 2 is 1.90 bits per heavy atom. The molecule has 0 aliphatic heterocycles. The molecule has 0 saturated heterocycles. The maximum absolute atomic E-state index is 5.81. The van der Waals surface area contributed by atoms with E-state index in [1.165, 1.54) is 30.4 Å². The Hall–Kier alpha value is -2.62. The minimum atomic E-state index is 0.724. The third-order valence-electron chi connectivity index (χ3n) is 4.02. The van der Waals surface area contributed by atoms with Crippen molar-refractivity contribution in [2.45, 2.75) is 19.3 Å². The van der Waals surface area contributed by atoms with Crippen LogP contribution in [0.1, 0.15) is 17.5 Å². The summed E-state index contributed by atoms with van der Waals surface area (Å²) in [5.41, 5.74) is 12.4. The first-order valence-electron chi connectivity index (χ1n) is 7.20. The second-order valence-corrected chi connectivity index (χ2v) is 5.48. The zero-order valence-electron chi connectivity index (χ0n) is 11.7. The van der Waals surface area contributed by atoms with Gasteiger partial charge in [-0.2, -0.15) is 0 Å². The van der Waals surface area contributed by atoms with Crippen LogP contribution in [0.25, 0.3) is 16.9 Å². The van der Waals surface area contributed by atoms with Gasteiger partial charge in [0.25, 0.3) is 0 Å². The highest BCUT2D eigenvalue weighted by Crippen LogP contribution is 2.27. The smallest absolute Gasteiger partial charge is 0.113 e. The molecule has 0 bridgehead atoms. The first-order valence-corrected chi connectivity index (χ1v) is 7.20. The number of nitrogens with zero attached hydrogens (tertiary/aromatic N) is 3. The number of nitrogens with two attached hydrogens (primary N) is 1. The molecule has 4 heteroatoms. The molecule has 104 valence electrons. The molecule has 4 nitrogen and oxygen atoms in total. The highest BCUT2D eigenvalue weighted by atomic mass is 15.4. The Morgan fingerprint density at radius 1 is 1.00 bits per heavy atom. The molecule has 2 N–H and O–H groups in total. The van der Waals surface area contributed by atoms with Crippen molar-refractivity contribution in [2.24, 2.45) is 0 Å². The maximum Gasteiger partial charge on any atom is 0.113 e. The topological polar surface area (TPSA) is 56.7 Å². The third-order valence-corrected chi connectivity index (χ3v) is 4.02. The number of aryl methyl sites for hydroxylation is 2. The number of nitrogen functional groups attached to an aromatic ring is 1. The van der Waals surface area contributed by atoms with Gasteiger partial charge in [0.1, 0.15) is 5.69 Å². The summed E-state index contributed by atoms with van der Waals surface area (Å²) in [6.45, 7) is 0. The van der Waals surface area contributed by atoms with Gasteiger partial charge in [-0.3, -0.25) is 0 Å². The van der Waals surface area contributed by atoms with E-state index < -0.39 is 0 Å². The SMILES string of the molecule is Nc1cccc(-n2cc(-c3ccc4c(c3)CCC4)nn2)c1. The van der Waals surface area contributed by atoms with Crippen molar-refractivity contribution in [3.63, 3.8) is 0 Å². The Kier molecular flexibility index (Phi) is 2.74. The predicted molar refractivity (Wildman–Crippen MR) is 83.2 cm³/mol. The number of fused-ring (bicyclic) bond motifs is 1. The number of aromatic nitrogens is 3. The molecule has 2 aromatic carbocycles. The van der Waals surface area contributed by atoms with Crippen molar-refractivity contribution in [3.05, 3.63) is 59.8 Å².